The van der Waals surface area contributed by atoms with E-state index in [9.17, 15) is 13.2 Å². The first-order valence-electron chi connectivity index (χ1n) is 11.5. The number of hydrogen-bond acceptors (Lipinski definition) is 6. The van der Waals surface area contributed by atoms with Gasteiger partial charge in [-0.25, -0.2) is 8.42 Å². The molecule has 0 fully saturated rings. The van der Waals surface area contributed by atoms with E-state index < -0.39 is 15.9 Å². The topological polar surface area (TPSA) is 106 Å². The molecule has 3 aromatic rings. The van der Waals surface area contributed by atoms with E-state index >= 15 is 0 Å². The van der Waals surface area contributed by atoms with Crippen LogP contribution in [0.3, 0.4) is 0 Å². The van der Waals surface area contributed by atoms with E-state index in [1.807, 2.05) is 20.8 Å². The highest BCUT2D eigenvalue weighted by atomic mass is 79.9. The predicted octanol–water partition coefficient (Wildman–Crippen LogP) is 5.81. The number of sulfonamides is 1. The fourth-order valence-corrected chi connectivity index (χ4v) is 4.74. The van der Waals surface area contributed by atoms with Crippen LogP contribution in [-0.4, -0.2) is 32.7 Å². The Labute approximate surface area is 230 Å². The number of hydrogen-bond donors (Lipinski definition) is 3. The Bertz CT molecular complexity index is 1350. The summed E-state index contributed by atoms with van der Waals surface area (Å²) >= 11 is 8.65. The highest BCUT2D eigenvalue weighted by Crippen LogP contribution is 2.24. The van der Waals surface area contributed by atoms with Crippen LogP contribution in [0.15, 0.2) is 76.1 Å². The number of thiocarbonyl (C=S) groups is 1. The third-order valence-electron chi connectivity index (χ3n) is 4.83. The highest BCUT2D eigenvalue weighted by molar-refractivity contribution is 9.10. The number of anilines is 2. The quantitative estimate of drug-likeness (QED) is 0.250. The molecule has 0 unspecified atom stereocenters. The van der Waals surface area contributed by atoms with E-state index in [0.29, 0.717) is 47.6 Å². The molecule has 0 bridgehead atoms. The lowest BCUT2D eigenvalue weighted by Crippen LogP contribution is -2.34. The smallest absolute Gasteiger partial charge is 0.261 e. The molecule has 3 aromatic carbocycles. The second-order valence-corrected chi connectivity index (χ2v) is 11.3. The molecule has 0 aromatic heterocycles. The van der Waals surface area contributed by atoms with Crippen molar-refractivity contribution in [2.45, 2.75) is 25.7 Å². The van der Waals surface area contributed by atoms with Gasteiger partial charge >= 0.3 is 0 Å². The number of nitrogens with one attached hydrogen (secondary N) is 3. The van der Waals surface area contributed by atoms with E-state index in [1.54, 1.807) is 54.6 Å². The SMILES string of the molecule is CCOc1ccc(NS(=O)(=O)c2ccc(NC(=S)NC(=O)c3cc(Br)ccc3OCC(C)C)cc2)cc1. The maximum Gasteiger partial charge on any atom is 0.261 e. The van der Waals surface area contributed by atoms with Gasteiger partial charge in [0.15, 0.2) is 5.11 Å². The summed E-state index contributed by atoms with van der Waals surface area (Å²) in [5.41, 5.74) is 1.26. The minimum absolute atomic E-state index is 0.0582. The largest absolute Gasteiger partial charge is 0.494 e. The van der Waals surface area contributed by atoms with Gasteiger partial charge in [0, 0.05) is 15.8 Å². The molecule has 3 N–H and O–H groups in total. The predicted molar refractivity (Wildman–Crippen MR) is 153 cm³/mol. The molecule has 0 radical (unpaired) electrons. The number of carbonyl (C=O) groups is 1. The van der Waals surface area contributed by atoms with Crippen LogP contribution in [0.4, 0.5) is 11.4 Å². The van der Waals surface area contributed by atoms with Gasteiger partial charge in [0.05, 0.1) is 23.7 Å². The van der Waals surface area contributed by atoms with Gasteiger partial charge in [0.2, 0.25) is 0 Å². The van der Waals surface area contributed by atoms with Crippen molar-refractivity contribution in [1.29, 1.82) is 0 Å². The number of ether oxygens (including phenoxy) is 2. The van der Waals surface area contributed by atoms with Gasteiger partial charge in [0.25, 0.3) is 15.9 Å². The van der Waals surface area contributed by atoms with Crippen LogP contribution < -0.4 is 24.8 Å². The number of rotatable bonds is 10. The molecule has 1 amide bonds. The number of benzene rings is 3. The molecular weight excluding hydrogens is 578 g/mol. The molecule has 0 spiro atoms. The van der Waals surface area contributed by atoms with E-state index in [0.717, 1.165) is 4.47 Å². The Morgan fingerprint density at radius 1 is 0.973 bits per heavy atom. The van der Waals surface area contributed by atoms with Gasteiger partial charge in [-0.1, -0.05) is 29.8 Å². The second-order valence-electron chi connectivity index (χ2n) is 8.34. The lowest BCUT2D eigenvalue weighted by Gasteiger charge is -2.15. The van der Waals surface area contributed by atoms with Crippen LogP contribution >= 0.6 is 28.1 Å². The normalized spacial score (nSPS) is 11.1. The van der Waals surface area contributed by atoms with E-state index in [1.165, 1.54) is 12.1 Å². The van der Waals surface area contributed by atoms with E-state index in [-0.39, 0.29) is 10.0 Å². The zero-order valence-electron chi connectivity index (χ0n) is 20.6. The number of amides is 1. The molecule has 8 nitrogen and oxygen atoms in total. The fourth-order valence-electron chi connectivity index (χ4n) is 3.11. The second kappa shape index (κ2) is 12.9. The summed E-state index contributed by atoms with van der Waals surface area (Å²) in [5, 5.41) is 5.58. The minimum Gasteiger partial charge on any atom is -0.494 e. The van der Waals surface area contributed by atoms with Crippen LogP contribution in [0.5, 0.6) is 11.5 Å². The molecular formula is C26H28BrN3O5S2. The first-order valence-corrected chi connectivity index (χ1v) is 14.2. The summed E-state index contributed by atoms with van der Waals surface area (Å²) in [6.07, 6.45) is 0. The lowest BCUT2D eigenvalue weighted by molar-refractivity contribution is 0.0973. The Morgan fingerprint density at radius 3 is 2.24 bits per heavy atom. The van der Waals surface area contributed by atoms with E-state index in [4.69, 9.17) is 21.7 Å². The third-order valence-corrected chi connectivity index (χ3v) is 6.92. The molecule has 0 saturated carbocycles. The lowest BCUT2D eigenvalue weighted by atomic mass is 10.2. The summed E-state index contributed by atoms with van der Waals surface area (Å²) in [4.78, 5) is 12.9. The third kappa shape index (κ3) is 8.44. The van der Waals surface area contributed by atoms with Gasteiger partial charge in [0.1, 0.15) is 11.5 Å². The van der Waals surface area contributed by atoms with Crippen molar-refractivity contribution >= 4 is 60.6 Å². The first-order chi connectivity index (χ1) is 17.6. The molecule has 0 saturated heterocycles. The summed E-state index contributed by atoms with van der Waals surface area (Å²) in [7, 11) is -3.80. The van der Waals surface area contributed by atoms with Crippen LogP contribution in [0.2, 0.25) is 0 Å². The first kappa shape index (κ1) is 28.4. The van der Waals surface area contributed by atoms with Crippen molar-refractivity contribution in [2.24, 2.45) is 5.92 Å². The molecule has 11 heteroatoms. The molecule has 37 heavy (non-hydrogen) atoms. The maximum atomic E-state index is 12.8. The number of halogens is 1. The maximum absolute atomic E-state index is 12.8. The van der Waals surface area contributed by atoms with Crippen molar-refractivity contribution in [3.8, 4) is 11.5 Å². The van der Waals surface area contributed by atoms with Crippen LogP contribution in [-0.2, 0) is 10.0 Å². The molecule has 0 aliphatic heterocycles. The number of carbonyl (C=O) groups excluding carboxylic acids is 1. The van der Waals surface area contributed by atoms with Crippen LogP contribution in [0.25, 0.3) is 0 Å². The van der Waals surface area contributed by atoms with Gasteiger partial charge in [-0.05, 0) is 91.8 Å². The highest BCUT2D eigenvalue weighted by Gasteiger charge is 2.17. The van der Waals surface area contributed by atoms with Crippen molar-refractivity contribution in [3.63, 3.8) is 0 Å². The summed E-state index contributed by atoms with van der Waals surface area (Å²) in [6, 6.07) is 17.8. The fraction of sp³-hybridized carbons (Fsp3) is 0.231. The molecule has 196 valence electrons. The summed E-state index contributed by atoms with van der Waals surface area (Å²) < 4.78 is 39.9. The standard InChI is InChI=1S/C26H28BrN3O5S2/c1-4-34-21-10-6-20(7-11-21)30-37(32,33)22-12-8-19(9-13-22)28-26(36)29-25(31)23-15-18(27)5-14-24(23)35-16-17(2)3/h5-15,17,30H,4,16H2,1-3H3,(H2,28,29,31,36). The zero-order valence-corrected chi connectivity index (χ0v) is 23.8. The van der Waals surface area contributed by atoms with Gasteiger partial charge < -0.3 is 14.8 Å². The van der Waals surface area contributed by atoms with E-state index in [2.05, 4.69) is 31.3 Å². The molecule has 3 rings (SSSR count). The molecule has 0 heterocycles. The zero-order chi connectivity index (χ0) is 27.0. The van der Waals surface area contributed by atoms with Crippen molar-refractivity contribution in [3.05, 3.63) is 76.8 Å². The average Bonchev–Trinajstić information content (AvgIpc) is 2.84. The summed E-state index contributed by atoms with van der Waals surface area (Å²) in [6.45, 7) is 6.90. The average molecular weight is 607 g/mol. The van der Waals surface area contributed by atoms with Gasteiger partial charge in [-0.2, -0.15) is 0 Å². The van der Waals surface area contributed by atoms with Crippen LogP contribution in [0.1, 0.15) is 31.1 Å². The van der Waals surface area contributed by atoms with Gasteiger partial charge in [-0.3, -0.25) is 14.8 Å². The Morgan fingerprint density at radius 2 is 1.62 bits per heavy atom. The summed E-state index contributed by atoms with van der Waals surface area (Å²) in [5.74, 6) is 0.969. The molecule has 0 aliphatic rings. The molecule has 0 aliphatic carbocycles. The monoisotopic (exact) mass is 605 g/mol. The van der Waals surface area contributed by atoms with Crippen molar-refractivity contribution in [1.82, 2.24) is 5.32 Å². The Hall–Kier alpha value is -3.15. The minimum atomic E-state index is -3.80. The van der Waals surface area contributed by atoms with Crippen molar-refractivity contribution < 1.29 is 22.7 Å². The van der Waals surface area contributed by atoms with Crippen LogP contribution in [0, 0.1) is 5.92 Å². The molecule has 0 atom stereocenters. The van der Waals surface area contributed by atoms with Crippen molar-refractivity contribution in [2.75, 3.05) is 23.3 Å². The Kier molecular flexibility index (Phi) is 9.90. The Balaban J connectivity index is 1.62. The van der Waals surface area contributed by atoms with Gasteiger partial charge in [-0.15, -0.1) is 0 Å².